The second-order valence-electron chi connectivity index (χ2n) is 12.2. The lowest BCUT2D eigenvalue weighted by Gasteiger charge is -2.25. The largest absolute Gasteiger partial charge is 0.311 e. The Balaban J connectivity index is 1.12. The standard InChI is InChI=1S/C44H35N/c1-31-16-17-36-23-22-35-10-8-9-15-42(35)44(36)43-30-37(26-29-41(31)43)34-20-18-32(19-21-34)33-24-27-40(28-25-33)45(38-11-4-2-5-12-38)39-13-6-3-7-14-39/h2-15,18-31H,16-17H2,1H3. The number of rotatable bonds is 5. The minimum atomic E-state index is 0.533. The number of aryl methyl sites for hydroxylation is 1. The van der Waals surface area contributed by atoms with E-state index in [2.05, 4.69) is 176 Å². The van der Waals surface area contributed by atoms with Crippen LogP contribution in [0.3, 0.4) is 0 Å². The summed E-state index contributed by atoms with van der Waals surface area (Å²) in [6, 6.07) is 59.7. The molecule has 0 heterocycles. The summed E-state index contributed by atoms with van der Waals surface area (Å²) in [5.74, 6) is 0.533. The number of hydrogen-bond acceptors (Lipinski definition) is 1. The Morgan fingerprint density at radius 3 is 1.69 bits per heavy atom. The molecule has 0 radical (unpaired) electrons. The van der Waals surface area contributed by atoms with Crippen LogP contribution in [0.2, 0.25) is 0 Å². The summed E-state index contributed by atoms with van der Waals surface area (Å²) in [5.41, 5.74) is 14.1. The second-order valence-corrected chi connectivity index (χ2v) is 12.2. The van der Waals surface area contributed by atoms with Gasteiger partial charge in [0, 0.05) is 17.1 Å². The van der Waals surface area contributed by atoms with E-state index in [0.29, 0.717) is 5.92 Å². The third-order valence-corrected chi connectivity index (χ3v) is 9.42. The van der Waals surface area contributed by atoms with Gasteiger partial charge in [-0.1, -0.05) is 128 Å². The van der Waals surface area contributed by atoms with Crippen molar-refractivity contribution in [2.45, 2.75) is 25.7 Å². The van der Waals surface area contributed by atoms with Crippen molar-refractivity contribution in [1.29, 1.82) is 0 Å². The fraction of sp³-hybridized carbons (Fsp3) is 0.0909. The molecule has 0 aliphatic heterocycles. The Hall–Kier alpha value is -5.40. The van der Waals surface area contributed by atoms with Crippen LogP contribution in [0.4, 0.5) is 17.1 Å². The van der Waals surface area contributed by atoms with Crippen LogP contribution < -0.4 is 4.90 Å². The molecule has 7 aromatic rings. The van der Waals surface area contributed by atoms with E-state index in [1.165, 1.54) is 61.7 Å². The SMILES string of the molecule is CC1CCc2ccc3ccccc3c2-c2cc(-c3ccc(-c4ccc(N(c5ccccc5)c5ccccc5)cc4)cc3)ccc21. The fourth-order valence-electron chi connectivity index (χ4n) is 7.01. The van der Waals surface area contributed by atoms with Crippen LogP contribution in [-0.2, 0) is 6.42 Å². The van der Waals surface area contributed by atoms with Crippen molar-refractivity contribution in [1.82, 2.24) is 0 Å². The minimum absolute atomic E-state index is 0.533. The highest BCUT2D eigenvalue weighted by Crippen LogP contribution is 2.43. The lowest BCUT2D eigenvalue weighted by atomic mass is 9.87. The number of para-hydroxylation sites is 2. The molecule has 0 spiro atoms. The first-order chi connectivity index (χ1) is 22.2. The number of nitrogens with zero attached hydrogens (tertiary/aromatic N) is 1. The molecule has 0 amide bonds. The van der Waals surface area contributed by atoms with Crippen LogP contribution >= 0.6 is 0 Å². The highest BCUT2D eigenvalue weighted by molar-refractivity contribution is 6.00. The second kappa shape index (κ2) is 11.6. The number of benzene rings is 7. The van der Waals surface area contributed by atoms with Crippen molar-refractivity contribution in [2.24, 2.45) is 0 Å². The topological polar surface area (TPSA) is 3.24 Å². The van der Waals surface area contributed by atoms with Gasteiger partial charge in [-0.05, 0) is 117 Å². The van der Waals surface area contributed by atoms with E-state index in [4.69, 9.17) is 0 Å². The Kier molecular flexibility index (Phi) is 7.00. The molecule has 216 valence electrons. The lowest BCUT2D eigenvalue weighted by Crippen LogP contribution is -2.09. The summed E-state index contributed by atoms with van der Waals surface area (Å²) in [7, 11) is 0. The van der Waals surface area contributed by atoms with Gasteiger partial charge in [0.05, 0.1) is 0 Å². The monoisotopic (exact) mass is 577 g/mol. The summed E-state index contributed by atoms with van der Waals surface area (Å²) in [6.45, 7) is 2.38. The van der Waals surface area contributed by atoms with Gasteiger partial charge in [-0.3, -0.25) is 0 Å². The van der Waals surface area contributed by atoms with Gasteiger partial charge in [0.2, 0.25) is 0 Å². The van der Waals surface area contributed by atoms with E-state index in [9.17, 15) is 0 Å². The van der Waals surface area contributed by atoms with Gasteiger partial charge in [0.25, 0.3) is 0 Å². The molecule has 0 saturated carbocycles. The molecule has 1 aliphatic carbocycles. The first kappa shape index (κ1) is 27.2. The van der Waals surface area contributed by atoms with Gasteiger partial charge in [0.1, 0.15) is 0 Å². The predicted octanol–water partition coefficient (Wildman–Crippen LogP) is 12.4. The van der Waals surface area contributed by atoms with E-state index in [0.717, 1.165) is 23.5 Å². The molecule has 8 rings (SSSR count). The van der Waals surface area contributed by atoms with E-state index < -0.39 is 0 Å². The van der Waals surface area contributed by atoms with Crippen molar-refractivity contribution in [3.63, 3.8) is 0 Å². The average Bonchev–Trinajstić information content (AvgIpc) is 3.25. The van der Waals surface area contributed by atoms with Crippen molar-refractivity contribution in [2.75, 3.05) is 4.90 Å². The van der Waals surface area contributed by atoms with E-state index in [-0.39, 0.29) is 0 Å². The number of hydrogen-bond donors (Lipinski definition) is 0. The predicted molar refractivity (Wildman–Crippen MR) is 192 cm³/mol. The van der Waals surface area contributed by atoms with E-state index >= 15 is 0 Å². The average molecular weight is 578 g/mol. The Morgan fingerprint density at radius 2 is 1.02 bits per heavy atom. The molecule has 1 unspecified atom stereocenters. The van der Waals surface area contributed by atoms with Crippen molar-refractivity contribution in [3.8, 4) is 33.4 Å². The molecule has 0 fully saturated rings. The molecule has 1 atom stereocenters. The van der Waals surface area contributed by atoms with Crippen molar-refractivity contribution < 1.29 is 0 Å². The van der Waals surface area contributed by atoms with Crippen LogP contribution in [0.1, 0.15) is 30.4 Å². The zero-order chi connectivity index (χ0) is 30.2. The van der Waals surface area contributed by atoms with Crippen molar-refractivity contribution in [3.05, 3.63) is 175 Å². The van der Waals surface area contributed by atoms with Gasteiger partial charge >= 0.3 is 0 Å². The molecule has 1 heteroatoms. The summed E-state index contributed by atoms with van der Waals surface area (Å²) in [4.78, 5) is 2.30. The van der Waals surface area contributed by atoms with Crippen LogP contribution in [-0.4, -0.2) is 0 Å². The quantitative estimate of drug-likeness (QED) is 0.197. The molecule has 7 aromatic carbocycles. The van der Waals surface area contributed by atoms with Crippen LogP contribution in [0.25, 0.3) is 44.2 Å². The Labute approximate surface area is 266 Å². The maximum atomic E-state index is 2.44. The first-order valence-electron chi connectivity index (χ1n) is 16.0. The molecule has 1 aliphatic rings. The normalized spacial score (nSPS) is 13.9. The molecule has 0 N–H and O–H groups in total. The maximum absolute atomic E-state index is 2.44. The molecule has 45 heavy (non-hydrogen) atoms. The minimum Gasteiger partial charge on any atom is -0.311 e. The molecular formula is C44H35N. The molecule has 1 nitrogen and oxygen atoms in total. The van der Waals surface area contributed by atoms with Crippen LogP contribution in [0, 0.1) is 0 Å². The summed E-state index contributed by atoms with van der Waals surface area (Å²) < 4.78 is 0. The van der Waals surface area contributed by atoms with Gasteiger partial charge in [-0.2, -0.15) is 0 Å². The Bertz CT molecular complexity index is 2050. The Morgan fingerprint density at radius 1 is 0.489 bits per heavy atom. The van der Waals surface area contributed by atoms with Crippen LogP contribution in [0.5, 0.6) is 0 Å². The van der Waals surface area contributed by atoms with E-state index in [1.807, 2.05) is 0 Å². The summed E-state index contributed by atoms with van der Waals surface area (Å²) >= 11 is 0. The summed E-state index contributed by atoms with van der Waals surface area (Å²) in [6.07, 6.45) is 2.30. The third-order valence-electron chi connectivity index (χ3n) is 9.42. The van der Waals surface area contributed by atoms with E-state index in [1.54, 1.807) is 0 Å². The van der Waals surface area contributed by atoms with Gasteiger partial charge < -0.3 is 4.90 Å². The third kappa shape index (κ3) is 5.11. The molecule has 0 saturated heterocycles. The van der Waals surface area contributed by atoms with Gasteiger partial charge in [-0.25, -0.2) is 0 Å². The summed E-state index contributed by atoms with van der Waals surface area (Å²) in [5, 5.41) is 2.67. The highest BCUT2D eigenvalue weighted by atomic mass is 15.1. The number of fused-ring (bicyclic) bond motifs is 5. The maximum Gasteiger partial charge on any atom is 0.0462 e. The van der Waals surface area contributed by atoms with Gasteiger partial charge in [-0.15, -0.1) is 0 Å². The smallest absolute Gasteiger partial charge is 0.0462 e. The zero-order valence-electron chi connectivity index (χ0n) is 25.5. The first-order valence-corrected chi connectivity index (χ1v) is 16.0. The molecular weight excluding hydrogens is 542 g/mol. The molecule has 0 bridgehead atoms. The lowest BCUT2D eigenvalue weighted by molar-refractivity contribution is 0.689. The zero-order valence-corrected chi connectivity index (χ0v) is 25.5. The van der Waals surface area contributed by atoms with Gasteiger partial charge in [0.15, 0.2) is 0 Å². The van der Waals surface area contributed by atoms with Crippen molar-refractivity contribution >= 4 is 27.8 Å². The molecule has 0 aromatic heterocycles. The number of anilines is 3. The highest BCUT2D eigenvalue weighted by Gasteiger charge is 2.22. The van der Waals surface area contributed by atoms with Crippen LogP contribution in [0.15, 0.2) is 164 Å². The fourth-order valence-corrected chi connectivity index (χ4v) is 7.01.